The summed E-state index contributed by atoms with van der Waals surface area (Å²) in [6.45, 7) is 6.14. The first-order valence-electron chi connectivity index (χ1n) is 6.76. The molecule has 2 N–H and O–H groups in total. The van der Waals surface area contributed by atoms with Gasteiger partial charge in [-0.15, -0.1) is 0 Å². The zero-order chi connectivity index (χ0) is 14.5. The van der Waals surface area contributed by atoms with Crippen molar-refractivity contribution in [3.05, 3.63) is 65.2 Å². The van der Waals surface area contributed by atoms with Gasteiger partial charge in [0.1, 0.15) is 0 Å². The molecule has 0 aliphatic heterocycles. The van der Waals surface area contributed by atoms with E-state index in [1.54, 1.807) is 0 Å². The molecule has 2 aromatic rings. The Hall–Kier alpha value is -2.29. The van der Waals surface area contributed by atoms with Crippen molar-refractivity contribution < 1.29 is 4.79 Å². The summed E-state index contributed by atoms with van der Waals surface area (Å²) in [5.74, 6) is 0. The van der Waals surface area contributed by atoms with Crippen molar-refractivity contribution >= 4 is 11.7 Å². The van der Waals surface area contributed by atoms with Gasteiger partial charge in [-0.3, -0.25) is 0 Å². The van der Waals surface area contributed by atoms with Crippen molar-refractivity contribution in [1.82, 2.24) is 5.32 Å². The average Bonchev–Trinajstić information content (AvgIpc) is 2.42. The molecule has 2 aromatic carbocycles. The average molecular weight is 268 g/mol. The number of benzene rings is 2. The summed E-state index contributed by atoms with van der Waals surface area (Å²) in [5.41, 5.74) is 4.39. The van der Waals surface area contributed by atoms with Gasteiger partial charge in [-0.1, -0.05) is 36.4 Å². The Morgan fingerprint density at radius 1 is 1.00 bits per heavy atom. The third-order valence-electron chi connectivity index (χ3n) is 3.41. The number of anilines is 1. The number of urea groups is 1. The first-order chi connectivity index (χ1) is 9.56. The summed E-state index contributed by atoms with van der Waals surface area (Å²) in [7, 11) is 0. The summed E-state index contributed by atoms with van der Waals surface area (Å²) >= 11 is 0. The molecule has 0 aromatic heterocycles. The van der Waals surface area contributed by atoms with E-state index in [-0.39, 0.29) is 12.1 Å². The van der Waals surface area contributed by atoms with Crippen LogP contribution >= 0.6 is 0 Å². The predicted octanol–water partition coefficient (Wildman–Crippen LogP) is 4.19. The first kappa shape index (κ1) is 14.1. The fourth-order valence-corrected chi connectivity index (χ4v) is 2.00. The Bertz CT molecular complexity index is 593. The van der Waals surface area contributed by atoms with Gasteiger partial charge in [0.25, 0.3) is 0 Å². The maximum atomic E-state index is 11.9. The summed E-state index contributed by atoms with van der Waals surface area (Å²) in [6, 6.07) is 15.4. The van der Waals surface area contributed by atoms with Crippen LogP contribution in [0.2, 0.25) is 0 Å². The lowest BCUT2D eigenvalue weighted by Crippen LogP contribution is -2.31. The van der Waals surface area contributed by atoms with Gasteiger partial charge in [0, 0.05) is 5.69 Å². The minimum absolute atomic E-state index is 0.0296. The molecule has 3 heteroatoms. The smallest absolute Gasteiger partial charge is 0.319 e. The molecule has 0 fully saturated rings. The lowest BCUT2D eigenvalue weighted by Gasteiger charge is -2.16. The van der Waals surface area contributed by atoms with Crippen LogP contribution in [0.15, 0.2) is 48.5 Å². The number of carbonyl (C=O) groups excluding carboxylic acids is 1. The van der Waals surface area contributed by atoms with Crippen LogP contribution < -0.4 is 10.6 Å². The van der Waals surface area contributed by atoms with E-state index in [0.717, 1.165) is 11.3 Å². The zero-order valence-electron chi connectivity index (χ0n) is 12.1. The van der Waals surface area contributed by atoms with E-state index < -0.39 is 0 Å². The van der Waals surface area contributed by atoms with E-state index in [1.165, 1.54) is 11.1 Å². The minimum Gasteiger partial charge on any atom is -0.331 e. The number of hydrogen-bond donors (Lipinski definition) is 2. The van der Waals surface area contributed by atoms with Crippen LogP contribution in [-0.2, 0) is 0 Å². The van der Waals surface area contributed by atoms with E-state index in [2.05, 4.69) is 42.7 Å². The molecule has 0 saturated heterocycles. The fourth-order valence-electron chi connectivity index (χ4n) is 2.00. The quantitative estimate of drug-likeness (QED) is 0.861. The largest absolute Gasteiger partial charge is 0.331 e. The molecular weight excluding hydrogens is 248 g/mol. The van der Waals surface area contributed by atoms with E-state index in [4.69, 9.17) is 0 Å². The van der Waals surface area contributed by atoms with Crippen LogP contribution in [0.25, 0.3) is 0 Å². The Labute approximate surface area is 120 Å². The van der Waals surface area contributed by atoms with Crippen molar-refractivity contribution in [2.45, 2.75) is 26.8 Å². The molecule has 2 rings (SSSR count). The van der Waals surface area contributed by atoms with Crippen molar-refractivity contribution in [2.24, 2.45) is 0 Å². The molecule has 0 saturated carbocycles. The van der Waals surface area contributed by atoms with Crippen LogP contribution in [-0.4, -0.2) is 6.03 Å². The van der Waals surface area contributed by atoms with Gasteiger partial charge < -0.3 is 10.6 Å². The van der Waals surface area contributed by atoms with E-state index >= 15 is 0 Å². The van der Waals surface area contributed by atoms with Crippen molar-refractivity contribution in [2.75, 3.05) is 5.32 Å². The topological polar surface area (TPSA) is 41.1 Å². The highest BCUT2D eigenvalue weighted by atomic mass is 16.2. The second-order valence-electron chi connectivity index (χ2n) is 5.03. The zero-order valence-corrected chi connectivity index (χ0v) is 12.1. The summed E-state index contributed by atoms with van der Waals surface area (Å²) in [6.07, 6.45) is 0. The number of carbonyl (C=O) groups is 1. The van der Waals surface area contributed by atoms with Gasteiger partial charge >= 0.3 is 6.03 Å². The number of para-hydroxylation sites is 1. The van der Waals surface area contributed by atoms with Gasteiger partial charge in [-0.25, -0.2) is 4.79 Å². The number of nitrogens with one attached hydrogen (secondary N) is 2. The highest BCUT2D eigenvalue weighted by Crippen LogP contribution is 2.17. The molecule has 2 amide bonds. The Kier molecular flexibility index (Phi) is 4.41. The standard InChI is InChI=1S/C17H20N2O/c1-12-9-10-15(11-13(12)2)14(3)18-17(20)19-16-7-5-4-6-8-16/h4-11,14H,1-3H3,(H2,18,19,20)/t14-/m0/s1. The van der Waals surface area contributed by atoms with E-state index in [9.17, 15) is 4.79 Å². The summed E-state index contributed by atoms with van der Waals surface area (Å²) in [5, 5.41) is 5.76. The Morgan fingerprint density at radius 3 is 2.35 bits per heavy atom. The van der Waals surface area contributed by atoms with Crippen LogP contribution in [0.5, 0.6) is 0 Å². The molecule has 0 unspecified atom stereocenters. The van der Waals surface area contributed by atoms with Gasteiger partial charge in [-0.05, 0) is 49.6 Å². The minimum atomic E-state index is -0.193. The highest BCUT2D eigenvalue weighted by molar-refractivity contribution is 5.89. The number of aryl methyl sites for hydroxylation is 2. The normalized spacial score (nSPS) is 11.8. The first-order valence-corrected chi connectivity index (χ1v) is 6.76. The molecule has 0 heterocycles. The van der Waals surface area contributed by atoms with Crippen LogP contribution in [0.4, 0.5) is 10.5 Å². The predicted molar refractivity (Wildman–Crippen MR) is 82.9 cm³/mol. The molecule has 0 aliphatic rings. The lowest BCUT2D eigenvalue weighted by atomic mass is 10.0. The SMILES string of the molecule is Cc1ccc([C@H](C)NC(=O)Nc2ccccc2)cc1C. The molecule has 0 radical (unpaired) electrons. The molecule has 3 nitrogen and oxygen atoms in total. The molecule has 20 heavy (non-hydrogen) atoms. The third-order valence-corrected chi connectivity index (χ3v) is 3.41. The lowest BCUT2D eigenvalue weighted by molar-refractivity contribution is 0.249. The molecule has 0 bridgehead atoms. The van der Waals surface area contributed by atoms with Crippen LogP contribution in [0, 0.1) is 13.8 Å². The Morgan fingerprint density at radius 2 is 1.70 bits per heavy atom. The molecule has 104 valence electrons. The summed E-state index contributed by atoms with van der Waals surface area (Å²) < 4.78 is 0. The highest BCUT2D eigenvalue weighted by Gasteiger charge is 2.10. The summed E-state index contributed by atoms with van der Waals surface area (Å²) in [4.78, 5) is 11.9. The number of hydrogen-bond acceptors (Lipinski definition) is 1. The van der Waals surface area contributed by atoms with E-state index in [0.29, 0.717) is 0 Å². The van der Waals surface area contributed by atoms with E-state index in [1.807, 2.05) is 37.3 Å². The van der Waals surface area contributed by atoms with Gasteiger partial charge in [-0.2, -0.15) is 0 Å². The Balaban J connectivity index is 1.98. The fraction of sp³-hybridized carbons (Fsp3) is 0.235. The van der Waals surface area contributed by atoms with Crippen molar-refractivity contribution in [3.8, 4) is 0 Å². The van der Waals surface area contributed by atoms with Crippen molar-refractivity contribution in [3.63, 3.8) is 0 Å². The van der Waals surface area contributed by atoms with Crippen LogP contribution in [0.3, 0.4) is 0 Å². The van der Waals surface area contributed by atoms with Gasteiger partial charge in [0.15, 0.2) is 0 Å². The molecule has 0 aliphatic carbocycles. The molecule has 0 spiro atoms. The van der Waals surface area contributed by atoms with Gasteiger partial charge in [0.05, 0.1) is 6.04 Å². The maximum absolute atomic E-state index is 11.9. The second kappa shape index (κ2) is 6.24. The third kappa shape index (κ3) is 3.60. The van der Waals surface area contributed by atoms with Crippen molar-refractivity contribution in [1.29, 1.82) is 0 Å². The maximum Gasteiger partial charge on any atom is 0.319 e. The number of amides is 2. The number of rotatable bonds is 3. The molecule has 1 atom stereocenters. The van der Waals surface area contributed by atoms with Gasteiger partial charge in [0.2, 0.25) is 0 Å². The second-order valence-corrected chi connectivity index (χ2v) is 5.03. The monoisotopic (exact) mass is 268 g/mol. The van der Waals surface area contributed by atoms with Crippen LogP contribution in [0.1, 0.15) is 29.7 Å². The molecular formula is C17H20N2O.